The molecule has 1 aliphatic rings. The Morgan fingerprint density at radius 1 is 1.67 bits per heavy atom. The van der Waals surface area contributed by atoms with E-state index in [1.807, 2.05) is 6.08 Å². The minimum atomic E-state index is -0.138. The summed E-state index contributed by atoms with van der Waals surface area (Å²) in [5.74, 6) is 0.282. The van der Waals surface area contributed by atoms with Gasteiger partial charge in [0.15, 0.2) is 0 Å². The molecule has 0 fully saturated rings. The van der Waals surface area contributed by atoms with Crippen molar-refractivity contribution in [3.8, 4) is 6.07 Å². The van der Waals surface area contributed by atoms with Gasteiger partial charge in [-0.05, 0) is 18.3 Å². The molecule has 0 saturated heterocycles. The summed E-state index contributed by atoms with van der Waals surface area (Å²) in [6.45, 7) is 0. The zero-order valence-electron chi connectivity index (χ0n) is 9.37. The van der Waals surface area contributed by atoms with Gasteiger partial charge >= 0.3 is 0 Å². The maximum absolute atomic E-state index is 12.0. The number of nitriles is 1. The van der Waals surface area contributed by atoms with Crippen LogP contribution in [0, 0.1) is 11.3 Å². The number of carbonyl (C=O) groups excluding carboxylic acids is 1. The number of alkyl halides is 1. The second kappa shape index (κ2) is 6.15. The summed E-state index contributed by atoms with van der Waals surface area (Å²) < 4.78 is 0. The summed E-state index contributed by atoms with van der Waals surface area (Å²) in [6.07, 6.45) is 4.42. The molecule has 92 valence electrons. The molecule has 6 heteroatoms. The van der Waals surface area contributed by atoms with Crippen LogP contribution in [0.25, 0.3) is 0 Å². The van der Waals surface area contributed by atoms with Crippen molar-refractivity contribution in [3.63, 3.8) is 0 Å². The number of halogens is 1. The van der Waals surface area contributed by atoms with Gasteiger partial charge < -0.3 is 5.32 Å². The molecule has 0 spiro atoms. The molecule has 0 bridgehead atoms. The van der Waals surface area contributed by atoms with Crippen molar-refractivity contribution in [2.24, 2.45) is 0 Å². The summed E-state index contributed by atoms with van der Waals surface area (Å²) in [6, 6.07) is 3.87. The van der Waals surface area contributed by atoms with Gasteiger partial charge in [0.1, 0.15) is 0 Å². The fourth-order valence-corrected chi connectivity index (χ4v) is 3.44. The normalized spacial score (nSPS) is 15.8. The molecule has 0 aliphatic carbocycles. The Labute approximate surface area is 116 Å². The maximum Gasteiger partial charge on any atom is 0.256 e. The van der Waals surface area contributed by atoms with Crippen LogP contribution in [0.1, 0.15) is 15.2 Å². The highest BCUT2D eigenvalue weighted by atomic mass is 35.5. The lowest BCUT2D eigenvalue weighted by molar-refractivity contribution is 0.0969. The Kier molecular flexibility index (Phi) is 4.54. The Bertz CT molecular complexity index is 571. The van der Waals surface area contributed by atoms with Gasteiger partial charge in [-0.3, -0.25) is 4.79 Å². The van der Waals surface area contributed by atoms with Crippen molar-refractivity contribution in [2.75, 3.05) is 6.16 Å². The molecular weight excluding hydrogens is 287 g/mol. The highest BCUT2D eigenvalue weighted by molar-refractivity contribution is 7.43. The third kappa shape index (κ3) is 3.20. The van der Waals surface area contributed by atoms with E-state index in [-0.39, 0.29) is 5.91 Å². The molecule has 0 radical (unpaired) electrons. The van der Waals surface area contributed by atoms with E-state index in [0.717, 1.165) is 16.5 Å². The van der Waals surface area contributed by atoms with Crippen molar-refractivity contribution in [1.82, 2.24) is 5.32 Å². The van der Waals surface area contributed by atoms with Gasteiger partial charge in [-0.25, -0.2) is 0 Å². The first-order valence-electron chi connectivity index (χ1n) is 5.23. The fourth-order valence-electron chi connectivity index (χ4n) is 1.46. The Balaban J connectivity index is 2.06. The van der Waals surface area contributed by atoms with Crippen LogP contribution in [0.5, 0.6) is 0 Å². The zero-order chi connectivity index (χ0) is 13.0. The third-order valence-electron chi connectivity index (χ3n) is 2.34. The summed E-state index contributed by atoms with van der Waals surface area (Å²) in [4.78, 5) is 12.9. The monoisotopic (exact) mass is 296 g/mol. The number of amides is 1. The lowest BCUT2D eigenvalue weighted by Crippen LogP contribution is -2.21. The van der Waals surface area contributed by atoms with Crippen LogP contribution < -0.4 is 5.32 Å². The van der Waals surface area contributed by atoms with Crippen molar-refractivity contribution in [3.05, 3.63) is 45.1 Å². The summed E-state index contributed by atoms with van der Waals surface area (Å²) in [5.41, 5.74) is 2.04. The molecule has 1 unspecified atom stereocenters. The number of carbonyl (C=O) groups is 1. The summed E-state index contributed by atoms with van der Waals surface area (Å²) >= 11 is 7.17. The van der Waals surface area contributed by atoms with E-state index in [9.17, 15) is 4.79 Å². The van der Waals surface area contributed by atoms with Crippen LogP contribution in [0.4, 0.5) is 0 Å². The average molecular weight is 297 g/mol. The molecule has 2 heterocycles. The summed E-state index contributed by atoms with van der Waals surface area (Å²) in [7, 11) is 0.506. The molecule has 1 atom stereocenters. The Hall–Kier alpha value is -1.14. The SMILES string of the molecule is N#CC1=CCPC(NC(=O)c2csc(CCl)c2)=C1. The lowest BCUT2D eigenvalue weighted by atomic mass is 10.2. The zero-order valence-corrected chi connectivity index (χ0v) is 11.9. The largest absolute Gasteiger partial charge is 0.322 e. The standard InChI is InChI=1S/C12H10ClN2OPS/c13-5-10-4-9(7-18-10)12(16)15-11-3-8(6-14)1-2-17-11/h1,3-4,7,17H,2,5H2,(H,15,16). The number of nitrogens with one attached hydrogen (secondary N) is 1. The number of rotatable bonds is 3. The van der Waals surface area contributed by atoms with Gasteiger partial charge in [-0.1, -0.05) is 14.7 Å². The molecule has 1 amide bonds. The van der Waals surface area contributed by atoms with Crippen LogP contribution in [0.3, 0.4) is 0 Å². The van der Waals surface area contributed by atoms with Crippen LogP contribution >= 0.6 is 31.5 Å². The van der Waals surface area contributed by atoms with Crippen molar-refractivity contribution in [1.29, 1.82) is 5.26 Å². The first-order valence-corrected chi connectivity index (χ1v) is 7.85. The number of thiophene rings is 1. The smallest absolute Gasteiger partial charge is 0.256 e. The van der Waals surface area contributed by atoms with Gasteiger partial charge in [0.25, 0.3) is 5.91 Å². The third-order valence-corrected chi connectivity index (χ3v) is 4.78. The quantitative estimate of drug-likeness (QED) is 0.688. The van der Waals surface area contributed by atoms with E-state index in [1.54, 1.807) is 17.5 Å². The highest BCUT2D eigenvalue weighted by Crippen LogP contribution is 2.27. The van der Waals surface area contributed by atoms with E-state index < -0.39 is 0 Å². The number of allylic oxidation sites excluding steroid dienone is 3. The number of hydrogen-bond donors (Lipinski definition) is 1. The molecule has 1 aromatic rings. The molecule has 1 N–H and O–H groups in total. The van der Waals surface area contributed by atoms with E-state index in [0.29, 0.717) is 25.6 Å². The molecule has 0 aromatic carbocycles. The number of nitrogens with zero attached hydrogens (tertiary/aromatic N) is 1. The predicted molar refractivity (Wildman–Crippen MR) is 76.3 cm³/mol. The molecule has 1 aromatic heterocycles. The summed E-state index contributed by atoms with van der Waals surface area (Å²) in [5, 5.41) is 13.4. The predicted octanol–water partition coefficient (Wildman–Crippen LogP) is 3.20. The van der Waals surface area contributed by atoms with Crippen molar-refractivity contribution < 1.29 is 4.79 Å². The Morgan fingerprint density at radius 2 is 2.50 bits per heavy atom. The first-order chi connectivity index (χ1) is 8.72. The van der Waals surface area contributed by atoms with Gasteiger partial charge in [-0.2, -0.15) is 5.26 Å². The highest BCUT2D eigenvalue weighted by Gasteiger charge is 2.12. The van der Waals surface area contributed by atoms with E-state index in [1.165, 1.54) is 11.3 Å². The topological polar surface area (TPSA) is 52.9 Å². The second-order valence-electron chi connectivity index (χ2n) is 3.60. The van der Waals surface area contributed by atoms with Crippen LogP contribution in [0.15, 0.2) is 34.6 Å². The molecular formula is C12H10ClN2OPS. The number of hydrogen-bond acceptors (Lipinski definition) is 3. The molecule has 0 saturated carbocycles. The van der Waals surface area contributed by atoms with Gasteiger partial charge in [0, 0.05) is 15.7 Å². The Morgan fingerprint density at radius 3 is 3.17 bits per heavy atom. The van der Waals surface area contributed by atoms with Gasteiger partial charge in [0.05, 0.1) is 23.1 Å². The van der Waals surface area contributed by atoms with E-state index in [2.05, 4.69) is 11.4 Å². The van der Waals surface area contributed by atoms with Crippen LogP contribution in [-0.4, -0.2) is 12.1 Å². The fraction of sp³-hybridized carbons (Fsp3) is 0.167. The van der Waals surface area contributed by atoms with Gasteiger partial charge in [-0.15, -0.1) is 22.9 Å². The van der Waals surface area contributed by atoms with Crippen molar-refractivity contribution >= 4 is 37.4 Å². The molecule has 2 rings (SSSR count). The van der Waals surface area contributed by atoms with Gasteiger partial charge in [0.2, 0.25) is 0 Å². The average Bonchev–Trinajstić information content (AvgIpc) is 2.88. The molecule has 3 nitrogen and oxygen atoms in total. The maximum atomic E-state index is 12.0. The van der Waals surface area contributed by atoms with Crippen LogP contribution in [0.2, 0.25) is 0 Å². The van der Waals surface area contributed by atoms with Crippen molar-refractivity contribution in [2.45, 2.75) is 5.88 Å². The second-order valence-corrected chi connectivity index (χ2v) is 6.16. The molecule has 18 heavy (non-hydrogen) atoms. The van der Waals surface area contributed by atoms with Crippen LogP contribution in [-0.2, 0) is 5.88 Å². The van der Waals surface area contributed by atoms with E-state index >= 15 is 0 Å². The van der Waals surface area contributed by atoms with E-state index in [4.69, 9.17) is 16.9 Å². The minimum absolute atomic E-state index is 0.138. The first kappa shape index (κ1) is 13.3. The lowest BCUT2D eigenvalue weighted by Gasteiger charge is -2.11. The molecule has 1 aliphatic heterocycles. The minimum Gasteiger partial charge on any atom is -0.322 e.